The van der Waals surface area contributed by atoms with Crippen molar-refractivity contribution in [2.45, 2.75) is 12.3 Å². The molecule has 24 heavy (non-hydrogen) atoms. The van der Waals surface area contributed by atoms with Crippen LogP contribution in [0.3, 0.4) is 0 Å². The molecular formula is C16H16F3N3O2. The number of ether oxygens (including phenoxy) is 1. The number of carbonyl (C=O) groups excluding carboxylic acids is 1. The quantitative estimate of drug-likeness (QED) is 0.845. The first kappa shape index (κ1) is 16.5. The summed E-state index contributed by atoms with van der Waals surface area (Å²) in [4.78, 5) is 14.0. The third-order valence-electron chi connectivity index (χ3n) is 3.92. The Morgan fingerprint density at radius 2 is 2.08 bits per heavy atom. The first-order chi connectivity index (χ1) is 11.4. The van der Waals surface area contributed by atoms with E-state index < -0.39 is 17.8 Å². The number of aryl methyl sites for hydroxylation is 1. The Labute approximate surface area is 136 Å². The van der Waals surface area contributed by atoms with Crippen molar-refractivity contribution in [2.24, 2.45) is 7.05 Å². The molecule has 1 saturated heterocycles. The van der Waals surface area contributed by atoms with E-state index >= 15 is 0 Å². The SMILES string of the molecule is Cn1cc(C(=O)N2CCO[C@@H](c3ccccc3C(F)(F)F)C2)cn1. The molecule has 0 saturated carbocycles. The van der Waals surface area contributed by atoms with Gasteiger partial charge in [-0.25, -0.2) is 0 Å². The van der Waals surface area contributed by atoms with E-state index in [9.17, 15) is 18.0 Å². The number of carbonyl (C=O) groups is 1. The van der Waals surface area contributed by atoms with Crippen molar-refractivity contribution in [1.82, 2.24) is 14.7 Å². The van der Waals surface area contributed by atoms with Gasteiger partial charge in [0.15, 0.2) is 0 Å². The number of morpholine rings is 1. The Morgan fingerprint density at radius 1 is 1.33 bits per heavy atom. The molecule has 1 aromatic carbocycles. The largest absolute Gasteiger partial charge is 0.416 e. The van der Waals surface area contributed by atoms with Gasteiger partial charge >= 0.3 is 6.18 Å². The lowest BCUT2D eigenvalue weighted by atomic mass is 10.0. The van der Waals surface area contributed by atoms with Gasteiger partial charge in [0.25, 0.3) is 5.91 Å². The highest BCUT2D eigenvalue weighted by atomic mass is 19.4. The zero-order valence-corrected chi connectivity index (χ0v) is 13.0. The lowest BCUT2D eigenvalue weighted by Crippen LogP contribution is -2.42. The average Bonchev–Trinajstić information content (AvgIpc) is 3.00. The summed E-state index contributed by atoms with van der Waals surface area (Å²) in [6.07, 6.45) is -2.25. The number of amides is 1. The second-order valence-corrected chi connectivity index (χ2v) is 5.60. The fourth-order valence-electron chi connectivity index (χ4n) is 2.77. The third kappa shape index (κ3) is 3.28. The van der Waals surface area contributed by atoms with Crippen LogP contribution in [0.4, 0.5) is 13.2 Å². The van der Waals surface area contributed by atoms with Crippen LogP contribution in [0.1, 0.15) is 27.6 Å². The number of alkyl halides is 3. The molecule has 0 aliphatic carbocycles. The first-order valence-electron chi connectivity index (χ1n) is 7.42. The van der Waals surface area contributed by atoms with E-state index in [2.05, 4.69) is 5.10 Å². The minimum absolute atomic E-state index is 0.0497. The molecule has 1 amide bonds. The van der Waals surface area contributed by atoms with Crippen LogP contribution < -0.4 is 0 Å². The van der Waals surface area contributed by atoms with E-state index in [-0.39, 0.29) is 24.6 Å². The van der Waals surface area contributed by atoms with Gasteiger partial charge in [0.2, 0.25) is 0 Å². The van der Waals surface area contributed by atoms with Crippen molar-refractivity contribution < 1.29 is 22.7 Å². The summed E-state index contributed by atoms with van der Waals surface area (Å²) in [5.41, 5.74) is -0.276. The molecule has 5 nitrogen and oxygen atoms in total. The molecule has 1 aliphatic heterocycles. The fourth-order valence-corrected chi connectivity index (χ4v) is 2.77. The van der Waals surface area contributed by atoms with Crippen LogP contribution in [-0.4, -0.2) is 40.3 Å². The molecule has 1 fully saturated rings. The summed E-state index contributed by atoms with van der Waals surface area (Å²) in [6, 6.07) is 5.30. The van der Waals surface area contributed by atoms with Crippen molar-refractivity contribution in [1.29, 1.82) is 0 Å². The van der Waals surface area contributed by atoms with Crippen LogP contribution in [0.15, 0.2) is 36.7 Å². The fraction of sp³-hybridized carbons (Fsp3) is 0.375. The van der Waals surface area contributed by atoms with Crippen molar-refractivity contribution >= 4 is 5.91 Å². The van der Waals surface area contributed by atoms with Crippen molar-refractivity contribution in [3.8, 4) is 0 Å². The Balaban J connectivity index is 1.83. The van der Waals surface area contributed by atoms with E-state index in [1.807, 2.05) is 0 Å². The van der Waals surface area contributed by atoms with Crippen LogP contribution in [0.2, 0.25) is 0 Å². The number of aromatic nitrogens is 2. The summed E-state index contributed by atoms with van der Waals surface area (Å²) in [7, 11) is 1.69. The average molecular weight is 339 g/mol. The van der Waals surface area contributed by atoms with Gasteiger partial charge in [-0.15, -0.1) is 0 Å². The van der Waals surface area contributed by atoms with E-state index in [1.54, 1.807) is 13.2 Å². The summed E-state index contributed by atoms with van der Waals surface area (Å²) >= 11 is 0. The Bertz CT molecular complexity index is 742. The van der Waals surface area contributed by atoms with Gasteiger partial charge in [-0.1, -0.05) is 18.2 Å². The molecule has 0 N–H and O–H groups in total. The van der Waals surface area contributed by atoms with Gasteiger partial charge in [-0.2, -0.15) is 18.3 Å². The normalized spacial score (nSPS) is 18.7. The molecule has 2 heterocycles. The minimum Gasteiger partial charge on any atom is -0.370 e. The van der Waals surface area contributed by atoms with Crippen molar-refractivity contribution in [3.05, 3.63) is 53.3 Å². The van der Waals surface area contributed by atoms with Crippen LogP contribution >= 0.6 is 0 Å². The summed E-state index contributed by atoms with van der Waals surface area (Å²) in [5.74, 6) is -0.263. The van der Waals surface area contributed by atoms with Crippen LogP contribution in [0.5, 0.6) is 0 Å². The van der Waals surface area contributed by atoms with E-state index in [0.29, 0.717) is 12.1 Å². The molecule has 0 bridgehead atoms. The predicted octanol–water partition coefficient (Wildman–Crippen LogP) is 2.65. The number of nitrogens with zero attached hydrogens (tertiary/aromatic N) is 3. The predicted molar refractivity (Wildman–Crippen MR) is 79.2 cm³/mol. The molecule has 1 aliphatic rings. The van der Waals surface area contributed by atoms with Crippen LogP contribution in [-0.2, 0) is 18.0 Å². The van der Waals surface area contributed by atoms with Crippen LogP contribution in [0.25, 0.3) is 0 Å². The van der Waals surface area contributed by atoms with Crippen LogP contribution in [0, 0.1) is 0 Å². The number of benzene rings is 1. The first-order valence-corrected chi connectivity index (χ1v) is 7.42. The Hall–Kier alpha value is -2.35. The van der Waals surface area contributed by atoms with Gasteiger partial charge in [0.05, 0.1) is 30.5 Å². The zero-order chi connectivity index (χ0) is 17.3. The Kier molecular flexibility index (Phi) is 4.31. The van der Waals surface area contributed by atoms with E-state index in [4.69, 9.17) is 4.74 Å². The van der Waals surface area contributed by atoms with E-state index in [1.165, 1.54) is 34.0 Å². The second kappa shape index (κ2) is 6.27. The minimum atomic E-state index is -4.46. The summed E-state index contributed by atoms with van der Waals surface area (Å²) in [5, 5.41) is 3.95. The van der Waals surface area contributed by atoms with Gasteiger partial charge < -0.3 is 9.64 Å². The third-order valence-corrected chi connectivity index (χ3v) is 3.92. The molecule has 0 unspecified atom stereocenters. The molecular weight excluding hydrogens is 323 g/mol. The summed E-state index contributed by atoms with van der Waals surface area (Å²) < 4.78 is 46.5. The second-order valence-electron chi connectivity index (χ2n) is 5.60. The monoisotopic (exact) mass is 339 g/mol. The van der Waals surface area contributed by atoms with Gasteiger partial charge in [-0.05, 0) is 11.6 Å². The lowest BCUT2D eigenvalue weighted by molar-refractivity contribution is -0.140. The maximum absolute atomic E-state index is 13.2. The maximum atomic E-state index is 13.2. The Morgan fingerprint density at radius 3 is 2.75 bits per heavy atom. The maximum Gasteiger partial charge on any atom is 0.416 e. The van der Waals surface area contributed by atoms with Gasteiger partial charge in [0, 0.05) is 19.8 Å². The van der Waals surface area contributed by atoms with Gasteiger partial charge in [0.1, 0.15) is 6.10 Å². The highest BCUT2D eigenvalue weighted by Gasteiger charge is 2.37. The van der Waals surface area contributed by atoms with E-state index in [0.717, 1.165) is 6.07 Å². The number of hydrogen-bond acceptors (Lipinski definition) is 3. The van der Waals surface area contributed by atoms with Gasteiger partial charge in [-0.3, -0.25) is 9.48 Å². The molecule has 1 aromatic heterocycles. The molecule has 0 spiro atoms. The topological polar surface area (TPSA) is 47.4 Å². The molecule has 3 rings (SSSR count). The molecule has 8 heteroatoms. The molecule has 128 valence electrons. The molecule has 0 radical (unpaired) electrons. The molecule has 1 atom stereocenters. The smallest absolute Gasteiger partial charge is 0.370 e. The van der Waals surface area contributed by atoms with Crippen molar-refractivity contribution in [3.63, 3.8) is 0 Å². The molecule has 2 aromatic rings. The number of halogens is 3. The number of hydrogen-bond donors (Lipinski definition) is 0. The highest BCUT2D eigenvalue weighted by Crippen LogP contribution is 2.36. The zero-order valence-electron chi connectivity index (χ0n) is 13.0. The lowest BCUT2D eigenvalue weighted by Gasteiger charge is -2.34. The summed E-state index contributed by atoms with van der Waals surface area (Å²) in [6.45, 7) is 0.585. The number of rotatable bonds is 2. The van der Waals surface area contributed by atoms with Crippen molar-refractivity contribution in [2.75, 3.05) is 19.7 Å². The highest BCUT2D eigenvalue weighted by molar-refractivity contribution is 5.93. The standard InChI is InChI=1S/C16H16F3N3O2/c1-21-9-11(8-20-21)15(23)22-6-7-24-14(10-22)12-4-2-3-5-13(12)16(17,18)19/h2-5,8-9,14H,6-7,10H2,1H3/t14-/m1/s1.